The predicted octanol–water partition coefficient (Wildman–Crippen LogP) is 3.92. The van der Waals surface area contributed by atoms with E-state index >= 15 is 0 Å². The maximum atomic E-state index is 6.23. The molecule has 0 saturated heterocycles. The summed E-state index contributed by atoms with van der Waals surface area (Å²) in [5, 5.41) is -0.0571. The Morgan fingerprint density at radius 1 is 1.50 bits per heavy atom. The fourth-order valence-electron chi connectivity index (χ4n) is 2.48. The third kappa shape index (κ3) is 2.37. The summed E-state index contributed by atoms with van der Waals surface area (Å²) in [5.41, 5.74) is 2.11. The van der Waals surface area contributed by atoms with E-state index in [1.165, 1.54) is 25.7 Å². The van der Waals surface area contributed by atoms with Crippen molar-refractivity contribution in [3.8, 4) is 0 Å². The fourth-order valence-corrected chi connectivity index (χ4v) is 2.65. The number of nitrogens with zero attached hydrogens (tertiary/aromatic N) is 3. The quantitative estimate of drug-likeness (QED) is 0.766. The first-order chi connectivity index (χ1) is 8.75. The molecule has 1 aliphatic rings. The topological polar surface area (TPSA) is 30.7 Å². The summed E-state index contributed by atoms with van der Waals surface area (Å²) in [6.07, 6.45) is 9.04. The summed E-state index contributed by atoms with van der Waals surface area (Å²) in [4.78, 5) is 8.72. The SMILES string of the molecule is CC(Cl)c1nc2cnccc2n1CCCC1CC1. The molecule has 2 aromatic heterocycles. The van der Waals surface area contributed by atoms with Crippen molar-refractivity contribution in [2.75, 3.05) is 0 Å². The van der Waals surface area contributed by atoms with E-state index in [2.05, 4.69) is 14.5 Å². The molecule has 0 N–H and O–H groups in total. The Morgan fingerprint density at radius 3 is 3.06 bits per heavy atom. The lowest BCUT2D eigenvalue weighted by Crippen LogP contribution is -2.05. The molecule has 2 heterocycles. The second-order valence-electron chi connectivity index (χ2n) is 5.19. The van der Waals surface area contributed by atoms with Crippen molar-refractivity contribution in [1.29, 1.82) is 0 Å². The number of fused-ring (bicyclic) bond motifs is 1. The van der Waals surface area contributed by atoms with E-state index in [4.69, 9.17) is 11.6 Å². The number of hydrogen-bond acceptors (Lipinski definition) is 2. The van der Waals surface area contributed by atoms with Gasteiger partial charge in [0.05, 0.1) is 17.1 Å². The number of hydrogen-bond donors (Lipinski definition) is 0. The van der Waals surface area contributed by atoms with Crippen LogP contribution in [0.3, 0.4) is 0 Å². The Balaban J connectivity index is 1.87. The molecule has 96 valence electrons. The zero-order valence-corrected chi connectivity index (χ0v) is 11.4. The molecule has 18 heavy (non-hydrogen) atoms. The minimum absolute atomic E-state index is 0.0571. The predicted molar refractivity (Wildman–Crippen MR) is 73.8 cm³/mol. The van der Waals surface area contributed by atoms with Gasteiger partial charge in [-0.3, -0.25) is 4.98 Å². The number of imidazole rings is 1. The van der Waals surface area contributed by atoms with Gasteiger partial charge in [0.2, 0.25) is 0 Å². The van der Waals surface area contributed by atoms with Crippen LogP contribution in [0.2, 0.25) is 0 Å². The number of aromatic nitrogens is 3. The van der Waals surface area contributed by atoms with Crippen LogP contribution in [-0.4, -0.2) is 14.5 Å². The van der Waals surface area contributed by atoms with Crippen LogP contribution in [0.4, 0.5) is 0 Å². The van der Waals surface area contributed by atoms with Gasteiger partial charge >= 0.3 is 0 Å². The van der Waals surface area contributed by atoms with Crippen molar-refractivity contribution in [3.05, 3.63) is 24.3 Å². The average molecular weight is 264 g/mol. The van der Waals surface area contributed by atoms with E-state index in [1.807, 2.05) is 25.4 Å². The van der Waals surface area contributed by atoms with Gasteiger partial charge in [-0.05, 0) is 31.7 Å². The molecule has 0 spiro atoms. The molecule has 0 radical (unpaired) electrons. The summed E-state index contributed by atoms with van der Waals surface area (Å²) >= 11 is 6.23. The number of rotatable bonds is 5. The summed E-state index contributed by atoms with van der Waals surface area (Å²) in [5.74, 6) is 1.95. The number of aryl methyl sites for hydroxylation is 1. The van der Waals surface area contributed by atoms with Crippen LogP contribution in [0.15, 0.2) is 18.5 Å². The molecule has 1 unspecified atom stereocenters. The highest BCUT2D eigenvalue weighted by atomic mass is 35.5. The first-order valence-electron chi connectivity index (χ1n) is 6.70. The minimum atomic E-state index is -0.0571. The summed E-state index contributed by atoms with van der Waals surface area (Å²) < 4.78 is 2.26. The van der Waals surface area contributed by atoms with Crippen molar-refractivity contribution in [2.24, 2.45) is 5.92 Å². The highest BCUT2D eigenvalue weighted by Crippen LogP contribution is 2.34. The van der Waals surface area contributed by atoms with Gasteiger partial charge in [0.15, 0.2) is 0 Å². The van der Waals surface area contributed by atoms with Gasteiger partial charge in [-0.25, -0.2) is 4.98 Å². The highest BCUT2D eigenvalue weighted by molar-refractivity contribution is 6.20. The van der Waals surface area contributed by atoms with Crippen molar-refractivity contribution < 1.29 is 0 Å². The average Bonchev–Trinajstić information content (AvgIpc) is 3.10. The first kappa shape index (κ1) is 12.0. The summed E-state index contributed by atoms with van der Waals surface area (Å²) in [6, 6.07) is 2.03. The number of halogens is 1. The third-order valence-electron chi connectivity index (χ3n) is 3.63. The van der Waals surface area contributed by atoms with Crippen molar-refractivity contribution in [1.82, 2.24) is 14.5 Å². The van der Waals surface area contributed by atoms with Crippen LogP contribution < -0.4 is 0 Å². The second kappa shape index (κ2) is 4.88. The van der Waals surface area contributed by atoms with Gasteiger partial charge in [0, 0.05) is 12.7 Å². The molecule has 1 fully saturated rings. The molecular formula is C14H18ClN3. The van der Waals surface area contributed by atoms with Crippen molar-refractivity contribution in [2.45, 2.75) is 44.5 Å². The minimum Gasteiger partial charge on any atom is -0.327 e. The van der Waals surface area contributed by atoms with Crippen LogP contribution >= 0.6 is 11.6 Å². The van der Waals surface area contributed by atoms with E-state index in [1.54, 1.807) is 0 Å². The van der Waals surface area contributed by atoms with Gasteiger partial charge in [-0.15, -0.1) is 11.6 Å². The van der Waals surface area contributed by atoms with Gasteiger partial charge in [-0.1, -0.05) is 12.8 Å². The zero-order valence-electron chi connectivity index (χ0n) is 10.6. The van der Waals surface area contributed by atoms with E-state index < -0.39 is 0 Å². The summed E-state index contributed by atoms with van der Waals surface area (Å²) in [6.45, 7) is 3.00. The van der Waals surface area contributed by atoms with Crippen LogP contribution in [0, 0.1) is 5.92 Å². The Hall–Kier alpha value is -1.09. The first-order valence-corrected chi connectivity index (χ1v) is 7.13. The second-order valence-corrected chi connectivity index (χ2v) is 5.84. The zero-order chi connectivity index (χ0) is 12.5. The Bertz CT molecular complexity index is 543. The van der Waals surface area contributed by atoms with E-state index in [9.17, 15) is 0 Å². The van der Waals surface area contributed by atoms with Gasteiger partial charge in [-0.2, -0.15) is 0 Å². The lowest BCUT2D eigenvalue weighted by molar-refractivity contribution is 0.569. The van der Waals surface area contributed by atoms with E-state index in [0.717, 1.165) is 29.3 Å². The Labute approximate surface area is 112 Å². The van der Waals surface area contributed by atoms with Gasteiger partial charge in [0.25, 0.3) is 0 Å². The smallest absolute Gasteiger partial charge is 0.127 e. The molecule has 3 rings (SSSR count). The fraction of sp³-hybridized carbons (Fsp3) is 0.571. The molecule has 1 saturated carbocycles. The van der Waals surface area contributed by atoms with Crippen LogP contribution in [-0.2, 0) is 6.54 Å². The normalized spacial score (nSPS) is 17.2. The molecule has 3 nitrogen and oxygen atoms in total. The van der Waals surface area contributed by atoms with Crippen LogP contribution in [0.5, 0.6) is 0 Å². The monoisotopic (exact) mass is 263 g/mol. The standard InChI is InChI=1S/C14H18ClN3/c1-10(15)14-17-12-9-16-7-6-13(12)18(14)8-2-3-11-4-5-11/h6-7,9-11H,2-5,8H2,1H3. The highest BCUT2D eigenvalue weighted by Gasteiger charge is 2.21. The number of alkyl halides is 1. The molecular weight excluding hydrogens is 246 g/mol. The molecule has 4 heteroatoms. The lowest BCUT2D eigenvalue weighted by Gasteiger charge is -2.10. The lowest BCUT2D eigenvalue weighted by atomic mass is 10.2. The molecule has 1 atom stereocenters. The Morgan fingerprint density at radius 2 is 2.33 bits per heavy atom. The maximum absolute atomic E-state index is 6.23. The van der Waals surface area contributed by atoms with Gasteiger partial charge in [0.1, 0.15) is 11.3 Å². The maximum Gasteiger partial charge on any atom is 0.127 e. The van der Waals surface area contributed by atoms with E-state index in [-0.39, 0.29) is 5.38 Å². The van der Waals surface area contributed by atoms with Crippen LogP contribution in [0.25, 0.3) is 11.0 Å². The molecule has 2 aromatic rings. The molecule has 1 aliphatic carbocycles. The van der Waals surface area contributed by atoms with Crippen molar-refractivity contribution >= 4 is 22.6 Å². The Kier molecular flexibility index (Phi) is 3.25. The third-order valence-corrected chi connectivity index (χ3v) is 3.82. The molecule has 0 aliphatic heterocycles. The summed E-state index contributed by atoms with van der Waals surface area (Å²) in [7, 11) is 0. The van der Waals surface area contributed by atoms with Gasteiger partial charge < -0.3 is 4.57 Å². The molecule has 0 bridgehead atoms. The van der Waals surface area contributed by atoms with E-state index in [0.29, 0.717) is 0 Å². The molecule has 0 amide bonds. The largest absolute Gasteiger partial charge is 0.327 e. The molecule has 0 aromatic carbocycles. The van der Waals surface area contributed by atoms with Crippen molar-refractivity contribution in [3.63, 3.8) is 0 Å². The number of pyridine rings is 1. The van der Waals surface area contributed by atoms with Crippen LogP contribution in [0.1, 0.15) is 43.8 Å².